The van der Waals surface area contributed by atoms with E-state index >= 15 is 0 Å². The molecule has 0 aliphatic heterocycles. The van der Waals surface area contributed by atoms with Crippen molar-refractivity contribution in [3.63, 3.8) is 0 Å². The highest BCUT2D eigenvalue weighted by molar-refractivity contribution is 5.99. The molecule has 36 heavy (non-hydrogen) atoms. The van der Waals surface area contributed by atoms with Crippen LogP contribution >= 0.6 is 0 Å². The zero-order valence-electron chi connectivity index (χ0n) is 20.8. The maximum atomic E-state index is 13.3. The van der Waals surface area contributed by atoms with Crippen LogP contribution in [0.3, 0.4) is 0 Å². The first-order chi connectivity index (χ1) is 17.4. The van der Waals surface area contributed by atoms with Gasteiger partial charge >= 0.3 is 0 Å². The summed E-state index contributed by atoms with van der Waals surface area (Å²) < 4.78 is 3.95. The van der Waals surface area contributed by atoms with Crippen LogP contribution in [-0.2, 0) is 7.05 Å². The number of amides is 1. The van der Waals surface area contributed by atoms with Crippen LogP contribution in [0, 0.1) is 11.3 Å². The lowest BCUT2D eigenvalue weighted by molar-refractivity contribution is 0.0926. The van der Waals surface area contributed by atoms with E-state index in [1.165, 1.54) is 0 Å². The third-order valence-electron chi connectivity index (χ3n) is 6.77. The zero-order chi connectivity index (χ0) is 25.2. The Morgan fingerprint density at radius 3 is 2.61 bits per heavy atom. The second-order valence-electron chi connectivity index (χ2n) is 9.74. The van der Waals surface area contributed by atoms with Crippen LogP contribution in [-0.4, -0.2) is 42.1 Å². The van der Waals surface area contributed by atoms with E-state index in [9.17, 15) is 4.79 Å². The quantitative estimate of drug-likeness (QED) is 0.424. The molecule has 9 heteroatoms. The standard InChI is InChI=1S/C27H30N8O/c1-17(2)32-23-13-24(35-10-8-20-12-18(14-28)15-31-26(20)35)30-16-22(23)27(36)33-21-6-4-19(5-7-21)25-29-9-11-34(25)3/h8-13,15-17,19,21H,4-7H2,1-3H3,(H,30,32)(H,33,36). The normalized spacial score (nSPS) is 17.8. The molecule has 9 nitrogen and oxygen atoms in total. The summed E-state index contributed by atoms with van der Waals surface area (Å²) in [7, 11) is 2.03. The number of carbonyl (C=O) groups is 1. The summed E-state index contributed by atoms with van der Waals surface area (Å²) in [4.78, 5) is 26.8. The SMILES string of the molecule is CC(C)Nc1cc(-n2ccc3cc(C#N)cnc32)ncc1C(=O)NC1CCC(c2nccn2C)CC1. The van der Waals surface area contributed by atoms with Gasteiger partial charge in [-0.3, -0.25) is 9.36 Å². The molecule has 1 aliphatic rings. The van der Waals surface area contributed by atoms with E-state index in [0.717, 1.165) is 42.6 Å². The van der Waals surface area contributed by atoms with Crippen molar-refractivity contribution in [2.45, 2.75) is 57.5 Å². The fourth-order valence-electron chi connectivity index (χ4n) is 4.99. The van der Waals surface area contributed by atoms with Gasteiger partial charge in [-0.1, -0.05) is 0 Å². The molecule has 0 spiro atoms. The molecule has 0 atom stereocenters. The predicted molar refractivity (Wildman–Crippen MR) is 138 cm³/mol. The van der Waals surface area contributed by atoms with E-state index in [-0.39, 0.29) is 18.0 Å². The summed E-state index contributed by atoms with van der Waals surface area (Å²) in [6, 6.07) is 7.98. The van der Waals surface area contributed by atoms with Gasteiger partial charge in [0.2, 0.25) is 0 Å². The van der Waals surface area contributed by atoms with Crippen molar-refractivity contribution in [2.75, 3.05) is 5.32 Å². The van der Waals surface area contributed by atoms with E-state index in [1.54, 1.807) is 18.5 Å². The van der Waals surface area contributed by atoms with Gasteiger partial charge in [0.05, 0.1) is 16.8 Å². The minimum atomic E-state index is -0.119. The fraction of sp³-hybridized carbons (Fsp3) is 0.370. The Kier molecular flexibility index (Phi) is 6.42. The van der Waals surface area contributed by atoms with E-state index in [4.69, 9.17) is 5.26 Å². The lowest BCUT2D eigenvalue weighted by Crippen LogP contribution is -2.38. The van der Waals surface area contributed by atoms with Crippen molar-refractivity contribution in [3.8, 4) is 11.9 Å². The van der Waals surface area contributed by atoms with Gasteiger partial charge < -0.3 is 15.2 Å². The molecule has 4 aromatic heterocycles. The third kappa shape index (κ3) is 4.67. The van der Waals surface area contributed by atoms with Gasteiger partial charge in [0.15, 0.2) is 0 Å². The number of nitriles is 1. The molecular formula is C27H30N8O. The number of nitrogens with one attached hydrogen (secondary N) is 2. The van der Waals surface area contributed by atoms with Gasteiger partial charge in [0, 0.05) is 67.5 Å². The Morgan fingerprint density at radius 1 is 1.11 bits per heavy atom. The first-order valence-corrected chi connectivity index (χ1v) is 12.3. The molecule has 0 unspecified atom stereocenters. The molecule has 4 heterocycles. The van der Waals surface area contributed by atoms with Crippen LogP contribution < -0.4 is 10.6 Å². The van der Waals surface area contributed by atoms with Crippen LogP contribution in [0.15, 0.2) is 49.2 Å². The number of pyridine rings is 2. The van der Waals surface area contributed by atoms with Crippen LogP contribution in [0.4, 0.5) is 5.69 Å². The lowest BCUT2D eigenvalue weighted by Gasteiger charge is -2.29. The number of hydrogen-bond acceptors (Lipinski definition) is 6. The molecule has 0 aromatic carbocycles. The second-order valence-corrected chi connectivity index (χ2v) is 9.74. The molecule has 184 valence electrons. The minimum Gasteiger partial charge on any atom is -0.382 e. The number of imidazole rings is 1. The first kappa shape index (κ1) is 23.5. The Hall–Kier alpha value is -4.19. The summed E-state index contributed by atoms with van der Waals surface area (Å²) in [6.07, 6.45) is 12.7. The molecule has 1 aliphatic carbocycles. The van der Waals surface area contributed by atoms with Crippen molar-refractivity contribution in [1.29, 1.82) is 5.26 Å². The van der Waals surface area contributed by atoms with Crippen LogP contribution in [0.5, 0.6) is 0 Å². The Morgan fingerprint density at radius 2 is 1.92 bits per heavy atom. The van der Waals surface area contributed by atoms with Gasteiger partial charge in [0.25, 0.3) is 5.91 Å². The summed E-state index contributed by atoms with van der Waals surface area (Å²) in [6.45, 7) is 4.08. The summed E-state index contributed by atoms with van der Waals surface area (Å²) in [5, 5.41) is 16.6. The average Bonchev–Trinajstić information content (AvgIpc) is 3.49. The van der Waals surface area contributed by atoms with Crippen molar-refractivity contribution < 1.29 is 4.79 Å². The average molecular weight is 483 g/mol. The zero-order valence-corrected chi connectivity index (χ0v) is 20.8. The van der Waals surface area contributed by atoms with E-state index in [1.807, 2.05) is 56.2 Å². The fourth-order valence-corrected chi connectivity index (χ4v) is 4.99. The van der Waals surface area contributed by atoms with Crippen LogP contribution in [0.25, 0.3) is 16.9 Å². The lowest BCUT2D eigenvalue weighted by atomic mass is 9.85. The van der Waals surface area contributed by atoms with Gasteiger partial charge in [-0.25, -0.2) is 15.0 Å². The largest absolute Gasteiger partial charge is 0.382 e. The van der Waals surface area contributed by atoms with Gasteiger partial charge in [-0.05, 0) is 51.7 Å². The summed E-state index contributed by atoms with van der Waals surface area (Å²) in [5.41, 5.74) is 2.47. The Labute approximate surface area is 210 Å². The third-order valence-corrected chi connectivity index (χ3v) is 6.77. The van der Waals surface area contributed by atoms with Gasteiger partial charge in [-0.15, -0.1) is 0 Å². The number of nitrogens with zero attached hydrogens (tertiary/aromatic N) is 6. The van der Waals surface area contributed by atoms with Crippen LogP contribution in [0.2, 0.25) is 0 Å². The molecule has 0 radical (unpaired) electrons. The summed E-state index contributed by atoms with van der Waals surface area (Å²) in [5.74, 6) is 2.09. The molecule has 4 aromatic rings. The Bertz CT molecular complexity index is 1440. The number of fused-ring (bicyclic) bond motifs is 1. The molecule has 0 bridgehead atoms. The molecule has 1 saturated carbocycles. The number of anilines is 1. The highest BCUT2D eigenvalue weighted by Crippen LogP contribution is 2.32. The van der Waals surface area contributed by atoms with Crippen molar-refractivity contribution in [1.82, 2.24) is 29.4 Å². The number of rotatable bonds is 6. The predicted octanol–water partition coefficient (Wildman–Crippen LogP) is 4.30. The summed E-state index contributed by atoms with van der Waals surface area (Å²) >= 11 is 0. The highest BCUT2D eigenvalue weighted by Gasteiger charge is 2.27. The molecule has 0 saturated heterocycles. The number of carbonyl (C=O) groups excluding carboxylic acids is 1. The van der Waals surface area contributed by atoms with E-state index < -0.39 is 0 Å². The Balaban J connectivity index is 1.35. The number of aromatic nitrogens is 5. The minimum absolute atomic E-state index is 0.119. The highest BCUT2D eigenvalue weighted by atomic mass is 16.1. The van der Waals surface area contributed by atoms with Crippen molar-refractivity contribution >= 4 is 22.6 Å². The van der Waals surface area contributed by atoms with Gasteiger partial charge in [0.1, 0.15) is 23.4 Å². The molecular weight excluding hydrogens is 452 g/mol. The topological polar surface area (TPSA) is 113 Å². The smallest absolute Gasteiger partial charge is 0.255 e. The first-order valence-electron chi connectivity index (χ1n) is 12.3. The monoisotopic (exact) mass is 482 g/mol. The maximum Gasteiger partial charge on any atom is 0.255 e. The second kappa shape index (κ2) is 9.82. The van der Waals surface area contributed by atoms with Gasteiger partial charge in [-0.2, -0.15) is 5.26 Å². The van der Waals surface area contributed by atoms with Crippen molar-refractivity contribution in [3.05, 3.63) is 66.1 Å². The maximum absolute atomic E-state index is 13.3. The molecule has 5 rings (SSSR count). The molecule has 1 fully saturated rings. The number of aryl methyl sites for hydroxylation is 1. The van der Waals surface area contributed by atoms with Crippen LogP contribution in [0.1, 0.15) is 67.2 Å². The van der Waals surface area contributed by atoms with E-state index in [2.05, 4.69) is 36.2 Å². The van der Waals surface area contributed by atoms with Crippen molar-refractivity contribution in [2.24, 2.45) is 7.05 Å². The molecule has 1 amide bonds. The number of hydrogen-bond donors (Lipinski definition) is 2. The molecule has 2 N–H and O–H groups in total. The van der Waals surface area contributed by atoms with E-state index in [0.29, 0.717) is 28.5 Å².